The van der Waals surface area contributed by atoms with Gasteiger partial charge in [-0.2, -0.15) is 0 Å². The normalized spacial score (nSPS) is 3.38. The first-order valence-corrected chi connectivity index (χ1v) is 15.6. The van der Waals surface area contributed by atoms with Crippen molar-refractivity contribution in [2.45, 2.75) is 34.3 Å². The second-order valence-electron chi connectivity index (χ2n) is 2.68. The Morgan fingerprint density at radius 2 is 0.308 bits per heavy atom. The molecule has 0 saturated carbocycles. The van der Waals surface area contributed by atoms with Crippen molar-refractivity contribution >= 4 is 29.3 Å². The van der Waals surface area contributed by atoms with E-state index in [0.717, 1.165) is 0 Å². The molecule has 0 aliphatic carbocycles. The average Bonchev–Trinajstić information content (AvgIpc) is 2.67. The molecule has 0 spiro atoms. The summed E-state index contributed by atoms with van der Waals surface area (Å²) in [4.78, 5) is 0. The van der Waals surface area contributed by atoms with Gasteiger partial charge < -0.3 is 0 Å². The van der Waals surface area contributed by atoms with E-state index in [1.807, 2.05) is 0 Å². The first-order valence-electron chi connectivity index (χ1n) is 4.32. The van der Waals surface area contributed by atoms with Crippen molar-refractivity contribution in [3.8, 4) is 0 Å². The molecule has 0 rings (SSSR count). The van der Waals surface area contributed by atoms with Gasteiger partial charge in [0.15, 0.2) is 0 Å². The molecule has 8 nitrogen and oxygen atoms in total. The minimum Gasteiger partial charge on any atom is 0 e. The van der Waals surface area contributed by atoms with E-state index in [1.54, 1.807) is 0 Å². The molecule has 12 heteroatoms. The molecule has 0 amide bonds. The molecule has 0 heterocycles. The summed E-state index contributed by atoms with van der Waals surface area (Å²) < 4.78 is 60.0. The van der Waals surface area contributed by atoms with Crippen molar-refractivity contribution in [3.05, 3.63) is 53.2 Å². The monoisotopic (exact) mass is 574 g/mol. The van der Waals surface area contributed by atoms with Crippen LogP contribution in [0.4, 0.5) is 0 Å². The summed E-state index contributed by atoms with van der Waals surface area (Å²) in [6.45, 7) is 36.0. The van der Waals surface area contributed by atoms with Crippen LogP contribution in [-0.2, 0) is 71.4 Å². The third-order valence-corrected chi connectivity index (χ3v) is 0. The molecule has 0 aliphatic heterocycles. The summed E-state index contributed by atoms with van der Waals surface area (Å²) in [6.07, 6.45) is 0. The minimum absolute atomic E-state index is 0. The molecule has 0 atom stereocenters. The minimum atomic E-state index is -0.188. The zero-order valence-corrected chi connectivity index (χ0v) is 21.0. The zero-order valence-electron chi connectivity index (χ0n) is 14.9. The van der Waals surface area contributed by atoms with Crippen LogP contribution >= 0.6 is 0 Å². The van der Waals surface area contributed by atoms with E-state index in [-0.39, 0.29) is 63.4 Å². The van der Waals surface area contributed by atoms with Crippen molar-refractivity contribution < 1.29 is 71.4 Å². The van der Waals surface area contributed by atoms with Crippen LogP contribution in [0.15, 0.2) is 0 Å². The SMILES string of the molecule is C[As](C)C.C[As](C)C.[C-]#[O+].[C-]#[O+].[C-]#[O+].[C-]#[O+].[C-]#[O+].[C-]#[O+].[C-]#[O+].[C-]#[O+].[Mn].[Mn]. The summed E-state index contributed by atoms with van der Waals surface area (Å²) in [7, 11) is 0. The number of hydrogen-bond donors (Lipinski definition) is 0. The van der Waals surface area contributed by atoms with Crippen LogP contribution in [0.25, 0.3) is 0 Å². The van der Waals surface area contributed by atoms with Crippen molar-refractivity contribution in [2.24, 2.45) is 0 Å². The maximum absolute atomic E-state index is 7.50. The van der Waals surface area contributed by atoms with Gasteiger partial charge in [0.25, 0.3) is 0 Å². The first kappa shape index (κ1) is 82.8. The van der Waals surface area contributed by atoms with E-state index in [4.69, 9.17) is 37.2 Å². The van der Waals surface area contributed by atoms with E-state index in [1.165, 1.54) is 0 Å². The van der Waals surface area contributed by atoms with Crippen molar-refractivity contribution in [2.75, 3.05) is 0 Å². The molecule has 0 N–H and O–H groups in total. The van der Waals surface area contributed by atoms with E-state index < -0.39 is 0 Å². The molecular weight excluding hydrogens is 556 g/mol. The van der Waals surface area contributed by atoms with Crippen molar-refractivity contribution in [1.29, 1.82) is 0 Å². The summed E-state index contributed by atoms with van der Waals surface area (Å²) in [5.74, 6) is 0. The van der Waals surface area contributed by atoms with Crippen LogP contribution in [0.1, 0.15) is 0 Å². The molecule has 0 unspecified atom stereocenters. The molecule has 146 valence electrons. The molecule has 0 saturated heterocycles. The Kier molecular flexibility index (Phi) is 1250. The van der Waals surface area contributed by atoms with Crippen LogP contribution in [0.5, 0.6) is 0 Å². The molecule has 0 aromatic heterocycles. The van der Waals surface area contributed by atoms with Crippen LogP contribution in [-0.4, -0.2) is 29.3 Å². The van der Waals surface area contributed by atoms with Gasteiger partial charge in [0, 0.05) is 34.1 Å². The Hall–Kier alpha value is 0.0758. The van der Waals surface area contributed by atoms with Gasteiger partial charge in [-0.05, 0) is 0 Å². The van der Waals surface area contributed by atoms with E-state index in [0.29, 0.717) is 0 Å². The Balaban J connectivity index is -0.00000000848. The maximum atomic E-state index is 7.50. The van der Waals surface area contributed by atoms with Gasteiger partial charge in [0.2, 0.25) is 0 Å². The molecular formula is C14H18As2Mn2O8. The van der Waals surface area contributed by atoms with Gasteiger partial charge in [-0.25, -0.2) is 0 Å². The third-order valence-electron chi connectivity index (χ3n) is 0. The Labute approximate surface area is 187 Å². The summed E-state index contributed by atoms with van der Waals surface area (Å²) >= 11 is -0.375. The molecule has 0 aromatic rings. The van der Waals surface area contributed by atoms with E-state index in [2.05, 4.69) is 87.5 Å². The van der Waals surface area contributed by atoms with Crippen molar-refractivity contribution in [1.82, 2.24) is 0 Å². The second-order valence-corrected chi connectivity index (χ2v) is 13.9. The fourth-order valence-corrected chi connectivity index (χ4v) is 0. The van der Waals surface area contributed by atoms with Crippen LogP contribution in [0, 0.1) is 53.2 Å². The molecule has 2 radical (unpaired) electrons. The quantitative estimate of drug-likeness (QED) is 0.237. The number of rotatable bonds is 0. The zero-order chi connectivity index (χ0) is 23.2. The third kappa shape index (κ3) is 2230000. The molecule has 0 aliphatic rings. The summed E-state index contributed by atoms with van der Waals surface area (Å²) in [6, 6.07) is 0. The van der Waals surface area contributed by atoms with Gasteiger partial charge in [-0.1, -0.05) is 0 Å². The first-order chi connectivity index (χ1) is 11.5. The number of hydrogen-bond acceptors (Lipinski definition) is 0. The topological polar surface area (TPSA) is 159 Å². The van der Waals surface area contributed by atoms with Crippen LogP contribution < -0.4 is 0 Å². The van der Waals surface area contributed by atoms with Crippen molar-refractivity contribution in [3.63, 3.8) is 0 Å². The fraction of sp³-hybridized carbons (Fsp3) is 0.429. The van der Waals surface area contributed by atoms with Crippen LogP contribution in [0.3, 0.4) is 0 Å². The second kappa shape index (κ2) is 394. The smallest absolute Gasteiger partial charge is 0 e. The molecule has 0 aromatic carbocycles. The van der Waals surface area contributed by atoms with Gasteiger partial charge in [0.05, 0.1) is 0 Å². The largest absolute Gasteiger partial charge is 0 e. The van der Waals surface area contributed by atoms with Crippen LogP contribution in [0.2, 0.25) is 34.3 Å². The molecule has 26 heavy (non-hydrogen) atoms. The Bertz CT molecular complexity index is 210. The Morgan fingerprint density at radius 3 is 0.308 bits per heavy atom. The van der Waals surface area contributed by atoms with E-state index >= 15 is 0 Å². The van der Waals surface area contributed by atoms with Gasteiger partial charge in [-0.3, -0.25) is 0 Å². The molecule has 0 bridgehead atoms. The summed E-state index contributed by atoms with van der Waals surface area (Å²) in [5, 5.41) is 0. The fourth-order valence-electron chi connectivity index (χ4n) is 0. The predicted octanol–water partition coefficient (Wildman–Crippen LogP) is 2.44. The van der Waals surface area contributed by atoms with Gasteiger partial charge in [-0.15, -0.1) is 0 Å². The van der Waals surface area contributed by atoms with E-state index in [9.17, 15) is 0 Å². The standard InChI is InChI=1S/2C3H9As.8CO.2Mn/c2*1-4(2)3;8*1-2;;/h2*1-3H3;;;;;;;;;;. The molecule has 0 fully saturated rings. The van der Waals surface area contributed by atoms with Gasteiger partial charge in [0.1, 0.15) is 0 Å². The summed E-state index contributed by atoms with van der Waals surface area (Å²) in [5.41, 5.74) is 13.9. The maximum Gasteiger partial charge on any atom is 0 e. The Morgan fingerprint density at radius 1 is 0.308 bits per heavy atom. The predicted molar refractivity (Wildman–Crippen MR) is 78.1 cm³/mol. The average molecular weight is 574 g/mol. The van der Waals surface area contributed by atoms with Gasteiger partial charge >= 0.3 is 154 Å².